The van der Waals surface area contributed by atoms with E-state index in [0.717, 1.165) is 16.8 Å². The van der Waals surface area contributed by atoms with Crippen molar-refractivity contribution in [1.82, 2.24) is 25.0 Å². The molecule has 3 aromatic rings. The fraction of sp³-hybridized carbons (Fsp3) is 0.238. The van der Waals surface area contributed by atoms with Crippen LogP contribution in [0.1, 0.15) is 17.5 Å². The monoisotopic (exact) mass is 375 g/mol. The summed E-state index contributed by atoms with van der Waals surface area (Å²) in [6, 6.07) is 13.5. The first-order valence-electron chi connectivity index (χ1n) is 9.22. The van der Waals surface area contributed by atoms with Crippen molar-refractivity contribution in [2.24, 2.45) is 5.92 Å². The largest absolute Gasteiger partial charge is 0.352 e. The Kier molecular flexibility index (Phi) is 5.14. The average molecular weight is 375 g/mol. The van der Waals surface area contributed by atoms with Crippen molar-refractivity contribution >= 4 is 11.8 Å². The SMILES string of the molecule is O=C(NCc1cccc(-n2cccn2)c1)[C@H]1CC(=O)N(Cc2cccnc2)C1. The molecule has 1 atom stereocenters. The molecule has 2 aromatic heterocycles. The molecule has 3 heterocycles. The van der Waals surface area contributed by atoms with Gasteiger partial charge < -0.3 is 10.2 Å². The highest BCUT2D eigenvalue weighted by molar-refractivity contribution is 5.89. The summed E-state index contributed by atoms with van der Waals surface area (Å²) in [7, 11) is 0. The molecule has 1 N–H and O–H groups in total. The summed E-state index contributed by atoms with van der Waals surface area (Å²) in [6.07, 6.45) is 7.29. The van der Waals surface area contributed by atoms with Crippen LogP contribution < -0.4 is 5.32 Å². The van der Waals surface area contributed by atoms with Crippen LogP contribution in [0.15, 0.2) is 67.3 Å². The fourth-order valence-electron chi connectivity index (χ4n) is 3.38. The van der Waals surface area contributed by atoms with Gasteiger partial charge in [-0.3, -0.25) is 14.6 Å². The first-order chi connectivity index (χ1) is 13.7. The summed E-state index contributed by atoms with van der Waals surface area (Å²) >= 11 is 0. The van der Waals surface area contributed by atoms with Crippen LogP contribution in [0.25, 0.3) is 5.69 Å². The number of nitrogens with zero attached hydrogens (tertiary/aromatic N) is 4. The molecule has 28 heavy (non-hydrogen) atoms. The number of benzene rings is 1. The molecular weight excluding hydrogens is 354 g/mol. The van der Waals surface area contributed by atoms with E-state index in [9.17, 15) is 9.59 Å². The van der Waals surface area contributed by atoms with Crippen LogP contribution in [0, 0.1) is 5.92 Å². The number of carbonyl (C=O) groups excluding carboxylic acids is 2. The van der Waals surface area contributed by atoms with E-state index < -0.39 is 0 Å². The number of nitrogens with one attached hydrogen (secondary N) is 1. The Balaban J connectivity index is 1.33. The van der Waals surface area contributed by atoms with Crippen molar-refractivity contribution in [3.8, 4) is 5.69 Å². The maximum atomic E-state index is 12.6. The second-order valence-electron chi connectivity index (χ2n) is 6.87. The smallest absolute Gasteiger partial charge is 0.225 e. The lowest BCUT2D eigenvalue weighted by Crippen LogP contribution is -2.32. The number of pyridine rings is 1. The lowest BCUT2D eigenvalue weighted by molar-refractivity contribution is -0.129. The molecule has 142 valence electrons. The van der Waals surface area contributed by atoms with Gasteiger partial charge in [-0.1, -0.05) is 18.2 Å². The highest BCUT2D eigenvalue weighted by atomic mass is 16.2. The molecule has 0 spiro atoms. The van der Waals surface area contributed by atoms with E-state index >= 15 is 0 Å². The summed E-state index contributed by atoms with van der Waals surface area (Å²) < 4.78 is 1.78. The molecule has 1 aliphatic heterocycles. The molecule has 1 aliphatic rings. The lowest BCUT2D eigenvalue weighted by Gasteiger charge is -2.16. The predicted molar refractivity (Wildman–Crippen MR) is 103 cm³/mol. The highest BCUT2D eigenvalue weighted by Gasteiger charge is 2.34. The Morgan fingerprint density at radius 1 is 1.14 bits per heavy atom. The van der Waals surface area contributed by atoms with E-state index in [-0.39, 0.29) is 24.2 Å². The van der Waals surface area contributed by atoms with Crippen LogP contribution in [0.4, 0.5) is 0 Å². The molecule has 0 radical (unpaired) electrons. The van der Waals surface area contributed by atoms with Crippen molar-refractivity contribution < 1.29 is 9.59 Å². The van der Waals surface area contributed by atoms with E-state index in [1.54, 1.807) is 28.2 Å². The Labute approximate surface area is 163 Å². The Morgan fingerprint density at radius 3 is 2.82 bits per heavy atom. The molecule has 0 aliphatic carbocycles. The Morgan fingerprint density at radius 2 is 2.04 bits per heavy atom. The van der Waals surface area contributed by atoms with Gasteiger partial charge in [0, 0.05) is 50.8 Å². The summed E-state index contributed by atoms with van der Waals surface area (Å²) in [6.45, 7) is 1.34. The quantitative estimate of drug-likeness (QED) is 0.714. The minimum atomic E-state index is -0.321. The Bertz CT molecular complexity index is 956. The van der Waals surface area contributed by atoms with Gasteiger partial charge in [-0.2, -0.15) is 5.10 Å². The number of hydrogen-bond donors (Lipinski definition) is 1. The van der Waals surface area contributed by atoms with E-state index in [4.69, 9.17) is 0 Å². The second kappa shape index (κ2) is 8.04. The third-order valence-electron chi connectivity index (χ3n) is 4.83. The van der Waals surface area contributed by atoms with E-state index in [2.05, 4.69) is 15.4 Å². The molecular formula is C21H21N5O2. The molecule has 7 heteroatoms. The standard InChI is InChI=1S/C21H21N5O2/c27-20-11-18(15-25(20)14-17-5-2-7-22-12-17)21(28)23-13-16-4-1-6-19(10-16)26-9-3-8-24-26/h1-10,12,18H,11,13-15H2,(H,23,28)/t18-/m0/s1. The molecule has 7 nitrogen and oxygen atoms in total. The number of likely N-dealkylation sites (tertiary alicyclic amines) is 1. The minimum absolute atomic E-state index is 0.00434. The van der Waals surface area contributed by atoms with Crippen molar-refractivity contribution in [3.63, 3.8) is 0 Å². The molecule has 1 saturated heterocycles. The predicted octanol–water partition coefficient (Wildman–Crippen LogP) is 1.93. The molecule has 1 fully saturated rings. The van der Waals surface area contributed by atoms with Crippen molar-refractivity contribution in [3.05, 3.63) is 78.4 Å². The molecule has 0 unspecified atom stereocenters. The van der Waals surface area contributed by atoms with Gasteiger partial charge in [0.1, 0.15) is 0 Å². The molecule has 1 aromatic carbocycles. The van der Waals surface area contributed by atoms with Crippen LogP contribution >= 0.6 is 0 Å². The zero-order chi connectivity index (χ0) is 19.3. The van der Waals surface area contributed by atoms with Crippen LogP contribution in [0.2, 0.25) is 0 Å². The maximum Gasteiger partial charge on any atom is 0.225 e. The van der Waals surface area contributed by atoms with Gasteiger partial charge in [-0.25, -0.2) is 4.68 Å². The van der Waals surface area contributed by atoms with Crippen molar-refractivity contribution in [2.75, 3.05) is 6.54 Å². The zero-order valence-corrected chi connectivity index (χ0v) is 15.4. The number of amides is 2. The number of carbonyl (C=O) groups is 2. The maximum absolute atomic E-state index is 12.6. The fourth-order valence-corrected chi connectivity index (χ4v) is 3.38. The lowest BCUT2D eigenvalue weighted by atomic mass is 10.1. The second-order valence-corrected chi connectivity index (χ2v) is 6.87. The van der Waals surface area contributed by atoms with Gasteiger partial charge >= 0.3 is 0 Å². The van der Waals surface area contributed by atoms with Gasteiger partial charge in [0.15, 0.2) is 0 Å². The molecule has 0 bridgehead atoms. The topological polar surface area (TPSA) is 80.1 Å². The van der Waals surface area contributed by atoms with E-state index in [1.165, 1.54) is 0 Å². The summed E-state index contributed by atoms with van der Waals surface area (Å²) in [5.41, 5.74) is 2.89. The number of rotatable bonds is 6. The van der Waals surface area contributed by atoms with Gasteiger partial charge in [-0.15, -0.1) is 0 Å². The molecule has 0 saturated carbocycles. The first-order valence-corrected chi connectivity index (χ1v) is 9.22. The average Bonchev–Trinajstić information content (AvgIpc) is 3.38. The van der Waals surface area contributed by atoms with E-state index in [0.29, 0.717) is 19.6 Å². The normalized spacial score (nSPS) is 16.4. The van der Waals surface area contributed by atoms with Crippen LogP contribution in [0.3, 0.4) is 0 Å². The molecule has 2 amide bonds. The summed E-state index contributed by atoms with van der Waals surface area (Å²) in [5.74, 6) is -0.408. The van der Waals surface area contributed by atoms with Crippen molar-refractivity contribution in [2.45, 2.75) is 19.5 Å². The van der Waals surface area contributed by atoms with E-state index in [1.807, 2.05) is 48.7 Å². The minimum Gasteiger partial charge on any atom is -0.352 e. The van der Waals surface area contributed by atoms with Gasteiger partial charge in [0.2, 0.25) is 11.8 Å². The van der Waals surface area contributed by atoms with Gasteiger partial charge in [0.05, 0.1) is 11.6 Å². The van der Waals surface area contributed by atoms with Crippen molar-refractivity contribution in [1.29, 1.82) is 0 Å². The Hall–Kier alpha value is -3.48. The van der Waals surface area contributed by atoms with Gasteiger partial charge in [-0.05, 0) is 35.4 Å². The number of hydrogen-bond acceptors (Lipinski definition) is 4. The van der Waals surface area contributed by atoms with Crippen LogP contribution in [0.5, 0.6) is 0 Å². The highest BCUT2D eigenvalue weighted by Crippen LogP contribution is 2.20. The van der Waals surface area contributed by atoms with Crippen LogP contribution in [-0.2, 0) is 22.7 Å². The zero-order valence-electron chi connectivity index (χ0n) is 15.4. The summed E-state index contributed by atoms with van der Waals surface area (Å²) in [5, 5.41) is 7.18. The number of aromatic nitrogens is 3. The third kappa shape index (κ3) is 4.09. The molecule has 4 rings (SSSR count). The summed E-state index contributed by atoms with van der Waals surface area (Å²) in [4.78, 5) is 30.6. The first kappa shape index (κ1) is 17.9. The van der Waals surface area contributed by atoms with Crippen LogP contribution in [-0.4, -0.2) is 38.0 Å². The third-order valence-corrected chi connectivity index (χ3v) is 4.83. The van der Waals surface area contributed by atoms with Gasteiger partial charge in [0.25, 0.3) is 0 Å².